The van der Waals surface area contributed by atoms with Gasteiger partial charge in [0.15, 0.2) is 0 Å². The van der Waals surface area contributed by atoms with E-state index in [9.17, 15) is 38.0 Å². The van der Waals surface area contributed by atoms with Crippen molar-refractivity contribution < 1.29 is 66.1 Å². The number of anilines is 2. The Bertz CT molecular complexity index is 3430. The van der Waals surface area contributed by atoms with Crippen molar-refractivity contribution in [2.75, 3.05) is 96.0 Å². The quantitative estimate of drug-likeness (QED) is 0.0740. The van der Waals surface area contributed by atoms with E-state index in [2.05, 4.69) is 38.0 Å². The van der Waals surface area contributed by atoms with Crippen molar-refractivity contribution in [3.8, 4) is 0 Å². The monoisotopic (exact) mass is 1290 g/mol. The average molecular weight is 1290 g/mol. The van der Waals surface area contributed by atoms with Crippen molar-refractivity contribution >= 4 is 59.0 Å². The van der Waals surface area contributed by atoms with Gasteiger partial charge in [0.1, 0.15) is 41.0 Å². The molecule has 0 aromatic heterocycles. The van der Waals surface area contributed by atoms with E-state index in [4.69, 9.17) is 18.9 Å². The van der Waals surface area contributed by atoms with Gasteiger partial charge < -0.3 is 54.9 Å². The summed E-state index contributed by atoms with van der Waals surface area (Å²) in [6.45, 7) is 21.5. The molecule has 3 fully saturated rings. The molecule has 4 aromatic carbocycles. The molecule has 5 aliphatic heterocycles. The van der Waals surface area contributed by atoms with Crippen LogP contribution in [0.1, 0.15) is 126 Å². The van der Waals surface area contributed by atoms with Crippen LogP contribution in [0.3, 0.4) is 0 Å². The molecule has 8 amide bonds. The lowest BCUT2D eigenvalue weighted by Crippen LogP contribution is -2.64. The molecule has 9 rings (SSSR count). The van der Waals surface area contributed by atoms with Crippen LogP contribution in [0.5, 0.6) is 0 Å². The van der Waals surface area contributed by atoms with Gasteiger partial charge in [-0.2, -0.15) is 0 Å². The number of hydrogen-bond donors (Lipinski definition) is 4. The van der Waals surface area contributed by atoms with Crippen LogP contribution in [0.15, 0.2) is 84.9 Å². The predicted octanol–water partition coefficient (Wildman–Crippen LogP) is 6.93. The summed E-state index contributed by atoms with van der Waals surface area (Å²) in [5, 5.41) is 11.3. The third-order valence-electron chi connectivity index (χ3n) is 18.1. The Balaban J connectivity index is 0.874. The average Bonchev–Trinajstić information content (AvgIpc) is 1.61. The molecule has 0 radical (unpaired) electrons. The van der Waals surface area contributed by atoms with Gasteiger partial charge in [0.2, 0.25) is 23.6 Å². The van der Waals surface area contributed by atoms with Crippen molar-refractivity contribution in [3.05, 3.63) is 130 Å². The minimum absolute atomic E-state index is 0.00757. The lowest BCUT2D eigenvalue weighted by Gasteiger charge is -2.47. The fourth-order valence-corrected chi connectivity index (χ4v) is 12.8. The van der Waals surface area contributed by atoms with Gasteiger partial charge in [-0.05, 0) is 159 Å². The van der Waals surface area contributed by atoms with Gasteiger partial charge in [0.05, 0.1) is 30.9 Å². The van der Waals surface area contributed by atoms with Crippen molar-refractivity contribution in [1.29, 1.82) is 0 Å². The Morgan fingerprint density at radius 2 is 1.46 bits per heavy atom. The molecule has 3 saturated heterocycles. The zero-order valence-corrected chi connectivity index (χ0v) is 55.3. The summed E-state index contributed by atoms with van der Waals surface area (Å²) >= 11 is 0. The van der Waals surface area contributed by atoms with E-state index >= 15 is 9.18 Å². The highest BCUT2D eigenvalue weighted by molar-refractivity contribution is 6.04. The summed E-state index contributed by atoms with van der Waals surface area (Å²) in [4.78, 5) is 124. The van der Waals surface area contributed by atoms with Crippen molar-refractivity contribution in [2.24, 2.45) is 5.92 Å². The first-order valence-corrected chi connectivity index (χ1v) is 32.1. The van der Waals surface area contributed by atoms with Crippen LogP contribution in [0, 0.1) is 17.6 Å². The van der Waals surface area contributed by atoms with Crippen LogP contribution in [0.2, 0.25) is 0 Å². The van der Waals surface area contributed by atoms with E-state index in [1.165, 1.54) is 43.1 Å². The van der Waals surface area contributed by atoms with Gasteiger partial charge >= 0.3 is 12.2 Å². The zero-order chi connectivity index (χ0) is 67.3. The number of carbonyl (C=O) groups excluding carboxylic acids is 8. The van der Waals surface area contributed by atoms with Crippen LogP contribution < -0.4 is 26.2 Å². The highest BCUT2D eigenvalue weighted by atomic mass is 19.1. The molecule has 4 aromatic rings. The number of halogens is 2. The molecular formula is C69H90F2N10O12. The third-order valence-corrected chi connectivity index (χ3v) is 18.1. The summed E-state index contributed by atoms with van der Waals surface area (Å²) in [6, 6.07) is 18.4. The fourth-order valence-electron chi connectivity index (χ4n) is 12.8. The smallest absolute Gasteiger partial charge is 0.410 e. The lowest BCUT2D eigenvalue weighted by atomic mass is 9.83. The number of hydrogen-bond acceptors (Lipinski definition) is 14. The van der Waals surface area contributed by atoms with E-state index in [-0.39, 0.29) is 73.8 Å². The first kappa shape index (κ1) is 69.3. The maximum atomic E-state index is 15.8. The largest absolute Gasteiger partial charge is 0.444 e. The highest BCUT2D eigenvalue weighted by Gasteiger charge is 2.49. The van der Waals surface area contributed by atoms with Crippen LogP contribution in [-0.2, 0) is 61.3 Å². The third kappa shape index (κ3) is 16.7. The Morgan fingerprint density at radius 1 is 0.774 bits per heavy atom. The number of piperazine rings is 1. The number of morpholine rings is 1. The Hall–Kier alpha value is -8.06. The molecule has 5 aliphatic rings. The van der Waals surface area contributed by atoms with Gasteiger partial charge in [-0.1, -0.05) is 48.5 Å². The molecule has 24 heteroatoms. The van der Waals surface area contributed by atoms with Crippen molar-refractivity contribution in [2.45, 2.75) is 148 Å². The van der Waals surface area contributed by atoms with E-state index in [1.54, 1.807) is 73.9 Å². The summed E-state index contributed by atoms with van der Waals surface area (Å²) in [5.41, 5.74) is 0.838. The Morgan fingerprint density at radius 3 is 2.16 bits per heavy atom. The molecule has 0 saturated carbocycles. The molecule has 0 aliphatic carbocycles. The number of fused-ring (bicyclic) bond motifs is 2. The second kappa shape index (κ2) is 29.1. The number of ether oxygens (including phenoxy) is 4. The molecule has 4 unspecified atom stereocenters. The summed E-state index contributed by atoms with van der Waals surface area (Å²) in [5.74, 6) is -4.87. The maximum absolute atomic E-state index is 15.8. The highest BCUT2D eigenvalue weighted by Crippen LogP contribution is 2.43. The van der Waals surface area contributed by atoms with Crippen LogP contribution >= 0.6 is 0 Å². The number of nitrogens with one attached hydrogen (secondary N) is 4. The number of rotatable bonds is 18. The second-order valence-electron chi connectivity index (χ2n) is 27.4. The number of nitrogens with zero attached hydrogens (tertiary/aromatic N) is 6. The first-order valence-electron chi connectivity index (χ1n) is 32.1. The standard InChI is InChI=1S/C69H90F2N10O12/c1-42-35-78(51(37-77-28-31-91-40-43(77)2)38-79(42)66(89)93-68(7,8)9)39-57(82)81-41-69(10,53-22-18-46(33-56(53)81)32-45-16-20-50(70)21-17-45)64(87)73-27-26-72-61(84)48-19-23-54(71)55(34-48)74-62(85)59-52-15-13-12-14-49(52)36-80(59)63(86)58(47-24-29-90-30-25-47)75-60(83)44(3)76(11)65(88)92-67(4,5)6/h12-23,33-34,42-44,47,51,58-59H,24-32,35-41H2,1-11H3,(H,72,84)(H,73,87)(H,74,85)(H,75,83)/t42-,43?,44?,51+,58?,59+,69?/m1/s1. The molecule has 93 heavy (non-hydrogen) atoms. The molecule has 502 valence electrons. The number of likely N-dealkylation sites (N-methyl/N-ethyl adjacent to an activating group) is 1. The molecule has 7 atom stereocenters. The topological polar surface area (TPSA) is 241 Å². The second-order valence-corrected chi connectivity index (χ2v) is 27.4. The fraction of sp³-hybridized carbons (Fsp3) is 0.536. The molecule has 22 nitrogen and oxygen atoms in total. The van der Waals surface area contributed by atoms with Gasteiger partial charge in [0, 0.05) is 102 Å². The summed E-state index contributed by atoms with van der Waals surface area (Å²) in [6.07, 6.45) is 0.119. The van der Waals surface area contributed by atoms with E-state index in [0.29, 0.717) is 94.2 Å². The van der Waals surface area contributed by atoms with Crippen LogP contribution in [-0.4, -0.2) is 199 Å². The van der Waals surface area contributed by atoms with Crippen molar-refractivity contribution in [1.82, 2.24) is 40.4 Å². The Labute approximate surface area is 543 Å². The molecule has 4 N–H and O–H groups in total. The van der Waals surface area contributed by atoms with Crippen molar-refractivity contribution in [3.63, 3.8) is 0 Å². The predicted molar refractivity (Wildman–Crippen MR) is 344 cm³/mol. The minimum Gasteiger partial charge on any atom is -0.444 e. The maximum Gasteiger partial charge on any atom is 0.410 e. The number of carbonyl (C=O) groups is 8. The van der Waals surface area contributed by atoms with E-state index in [1.807, 2.05) is 45.9 Å². The molecule has 0 spiro atoms. The normalized spacial score (nSPS) is 21.8. The van der Waals surface area contributed by atoms with Crippen LogP contribution in [0.25, 0.3) is 0 Å². The number of amides is 8. The van der Waals surface area contributed by atoms with Gasteiger partial charge in [0.25, 0.3) is 11.8 Å². The molecule has 5 heterocycles. The Kier molecular flexibility index (Phi) is 21.7. The van der Waals surface area contributed by atoms with Crippen LogP contribution in [0.4, 0.5) is 29.7 Å². The van der Waals surface area contributed by atoms with E-state index in [0.717, 1.165) is 22.1 Å². The zero-order valence-electron chi connectivity index (χ0n) is 55.3. The number of benzene rings is 4. The molecular weight excluding hydrogens is 1200 g/mol. The lowest BCUT2D eigenvalue weighted by molar-refractivity contribution is -0.144. The van der Waals surface area contributed by atoms with E-state index < -0.39 is 88.2 Å². The minimum atomic E-state index is -1.28. The first-order chi connectivity index (χ1) is 44.0. The van der Waals surface area contributed by atoms with Gasteiger partial charge in [-0.25, -0.2) is 18.4 Å². The summed E-state index contributed by atoms with van der Waals surface area (Å²) < 4.78 is 52.5. The van der Waals surface area contributed by atoms with Gasteiger partial charge in [-0.15, -0.1) is 0 Å². The SMILES string of the molecule is CC1COCCN1C[C@H]1CN(C(=O)OC(C)(C)C)[C@H](C)CN1CC(=O)N1CC(C)(C(=O)NCCNC(=O)c2ccc(F)c(NC(=O)[C@@H]3c4ccccc4CN3C(=O)C(NC(=O)C(C)N(C)C(=O)OC(C)(C)C)C3CCOCC3)c2)c2ccc(Cc3ccc(F)cc3)cc21. The van der Waals surface area contributed by atoms with Gasteiger partial charge in [-0.3, -0.25) is 43.5 Å². The molecule has 0 bridgehead atoms. The summed E-state index contributed by atoms with van der Waals surface area (Å²) in [7, 11) is 1.43.